The SMILES string of the molecule is Cc1cc(C)nc(N2COC(=O)C2)n1.Cc1cc(C)nc(N2C[C@@H]3C(=O)NC(=O)[C@@H]3C2)n1.O=C1C=CC(=O)N1. The van der Waals surface area contributed by atoms with Crippen LogP contribution in [0.4, 0.5) is 11.9 Å². The lowest BCUT2D eigenvalue weighted by atomic mass is 10.00. The molecule has 0 aromatic carbocycles. The number of carbonyl (C=O) groups is 5. The second kappa shape index (κ2) is 11.3. The Morgan fingerprint density at radius 3 is 1.49 bits per heavy atom. The van der Waals surface area contributed by atoms with Crippen molar-refractivity contribution in [1.82, 2.24) is 30.6 Å². The van der Waals surface area contributed by atoms with Gasteiger partial charge in [-0.15, -0.1) is 0 Å². The molecular weight excluding hydrogens is 508 g/mol. The molecule has 0 saturated carbocycles. The van der Waals surface area contributed by atoms with Gasteiger partial charge in [0, 0.05) is 48.0 Å². The number of hydrogen-bond donors (Lipinski definition) is 2. The van der Waals surface area contributed by atoms with Crippen LogP contribution in [-0.2, 0) is 28.7 Å². The second-order valence-corrected chi connectivity index (χ2v) is 9.40. The highest BCUT2D eigenvalue weighted by molar-refractivity contribution is 6.12. The molecule has 6 rings (SSSR count). The molecule has 2 atom stereocenters. The molecule has 204 valence electrons. The molecule has 0 bridgehead atoms. The lowest BCUT2D eigenvalue weighted by Crippen LogP contribution is -2.32. The van der Waals surface area contributed by atoms with E-state index in [1.54, 1.807) is 4.90 Å². The molecule has 4 aliphatic rings. The number of rotatable bonds is 2. The number of hydrogen-bond acceptors (Lipinski definition) is 12. The van der Waals surface area contributed by atoms with Crippen LogP contribution in [0.1, 0.15) is 22.8 Å². The van der Waals surface area contributed by atoms with Gasteiger partial charge in [-0.2, -0.15) is 0 Å². The van der Waals surface area contributed by atoms with E-state index in [1.807, 2.05) is 50.0 Å². The van der Waals surface area contributed by atoms with Gasteiger partial charge in [0.2, 0.25) is 23.7 Å². The number of nitrogens with zero attached hydrogens (tertiary/aromatic N) is 6. The summed E-state index contributed by atoms with van der Waals surface area (Å²) in [7, 11) is 0. The predicted octanol–water partition coefficient (Wildman–Crippen LogP) is -0.585. The number of aromatic nitrogens is 4. The summed E-state index contributed by atoms with van der Waals surface area (Å²) in [5.41, 5.74) is 3.58. The molecule has 0 aliphatic carbocycles. The first kappa shape index (κ1) is 27.3. The van der Waals surface area contributed by atoms with E-state index >= 15 is 0 Å². The second-order valence-electron chi connectivity index (χ2n) is 9.40. The zero-order chi connectivity index (χ0) is 28.3. The van der Waals surface area contributed by atoms with Crippen LogP contribution >= 0.6 is 0 Å². The topological polar surface area (TPSA) is 177 Å². The van der Waals surface area contributed by atoms with Crippen molar-refractivity contribution in [2.75, 3.05) is 36.2 Å². The Hall–Kier alpha value is -4.75. The van der Waals surface area contributed by atoms with E-state index in [0.717, 1.165) is 22.8 Å². The molecule has 3 fully saturated rings. The molecule has 2 N–H and O–H groups in total. The normalized spacial score (nSPS) is 21.1. The summed E-state index contributed by atoms with van der Waals surface area (Å²) in [6.45, 7) is 9.15. The van der Waals surface area contributed by atoms with Gasteiger partial charge in [-0.25, -0.2) is 19.9 Å². The van der Waals surface area contributed by atoms with Crippen LogP contribution in [0.25, 0.3) is 0 Å². The molecule has 4 aliphatic heterocycles. The third kappa shape index (κ3) is 6.77. The molecule has 14 heteroatoms. The molecule has 2 aromatic heterocycles. The van der Waals surface area contributed by atoms with Crippen LogP contribution in [-0.4, -0.2) is 75.9 Å². The lowest BCUT2D eigenvalue weighted by Gasteiger charge is -2.17. The Morgan fingerprint density at radius 1 is 0.692 bits per heavy atom. The number of cyclic esters (lactones) is 1. The number of anilines is 2. The fourth-order valence-corrected chi connectivity index (χ4v) is 4.38. The lowest BCUT2D eigenvalue weighted by molar-refractivity contribution is -0.137. The maximum Gasteiger partial charge on any atom is 0.327 e. The van der Waals surface area contributed by atoms with Crippen molar-refractivity contribution in [1.29, 1.82) is 0 Å². The Balaban J connectivity index is 0.000000149. The van der Waals surface area contributed by atoms with Crippen molar-refractivity contribution in [2.45, 2.75) is 27.7 Å². The van der Waals surface area contributed by atoms with E-state index in [9.17, 15) is 24.0 Å². The number of fused-ring (bicyclic) bond motifs is 1. The standard InChI is InChI=1S/C12H14N4O2.C9H11N3O2.C4H3NO2/c1-6-3-7(2)14-12(13-6)16-4-8-9(5-16)11(18)15-10(8)17;1-6-3-7(2)11-9(10-6)12-4-8(13)14-5-12;6-3-1-2-4(7)5-3/h3,8-9H,4-5H2,1-2H3,(H,15,17,18);3H,4-5H2,1-2H3;1-2H,(H,5,6,7)/t8-,9+;;. The molecule has 3 saturated heterocycles. The summed E-state index contributed by atoms with van der Waals surface area (Å²) < 4.78 is 4.81. The van der Waals surface area contributed by atoms with E-state index in [0.29, 0.717) is 25.0 Å². The van der Waals surface area contributed by atoms with Gasteiger partial charge in [-0.3, -0.25) is 39.5 Å². The molecule has 4 amide bonds. The van der Waals surface area contributed by atoms with Crippen molar-refractivity contribution in [2.24, 2.45) is 11.8 Å². The van der Waals surface area contributed by atoms with Gasteiger partial charge in [0.1, 0.15) is 6.54 Å². The number of carbonyl (C=O) groups excluding carboxylic acids is 5. The number of ether oxygens (including phenoxy) is 1. The number of amides is 4. The van der Waals surface area contributed by atoms with Crippen molar-refractivity contribution >= 4 is 41.5 Å². The molecule has 0 spiro atoms. The van der Waals surface area contributed by atoms with Crippen LogP contribution in [0.5, 0.6) is 0 Å². The van der Waals surface area contributed by atoms with Gasteiger partial charge in [-0.1, -0.05) is 0 Å². The summed E-state index contributed by atoms with van der Waals surface area (Å²) in [6.07, 6.45) is 2.39. The number of aryl methyl sites for hydroxylation is 4. The van der Waals surface area contributed by atoms with Crippen LogP contribution in [0.15, 0.2) is 24.3 Å². The van der Waals surface area contributed by atoms with Crippen LogP contribution < -0.4 is 20.4 Å². The molecule has 39 heavy (non-hydrogen) atoms. The van der Waals surface area contributed by atoms with Gasteiger partial charge in [0.15, 0.2) is 6.73 Å². The van der Waals surface area contributed by atoms with Crippen molar-refractivity contribution < 1.29 is 28.7 Å². The number of imide groups is 2. The van der Waals surface area contributed by atoms with Crippen LogP contribution in [0.3, 0.4) is 0 Å². The van der Waals surface area contributed by atoms with Gasteiger partial charge in [0.25, 0.3) is 11.8 Å². The monoisotopic (exact) mass is 536 g/mol. The van der Waals surface area contributed by atoms with E-state index < -0.39 is 0 Å². The smallest absolute Gasteiger partial charge is 0.327 e. The first-order chi connectivity index (χ1) is 18.5. The molecule has 6 heterocycles. The largest absolute Gasteiger partial charge is 0.443 e. The number of esters is 1. The van der Waals surface area contributed by atoms with Crippen LogP contribution in [0.2, 0.25) is 0 Å². The van der Waals surface area contributed by atoms with E-state index in [-0.39, 0.29) is 54.7 Å². The highest BCUT2D eigenvalue weighted by Gasteiger charge is 2.48. The predicted molar refractivity (Wildman–Crippen MR) is 136 cm³/mol. The maximum absolute atomic E-state index is 11.6. The average molecular weight is 537 g/mol. The maximum atomic E-state index is 11.6. The highest BCUT2D eigenvalue weighted by Crippen LogP contribution is 2.30. The fourth-order valence-electron chi connectivity index (χ4n) is 4.38. The number of nitrogens with one attached hydrogen (secondary N) is 2. The summed E-state index contributed by atoms with van der Waals surface area (Å²) >= 11 is 0. The fraction of sp³-hybridized carbons (Fsp3) is 0.400. The minimum Gasteiger partial charge on any atom is -0.443 e. The minimum atomic E-state index is -0.329. The molecular formula is C25H28N8O6. The zero-order valence-corrected chi connectivity index (χ0v) is 21.9. The average Bonchev–Trinajstić information content (AvgIpc) is 3.62. The Kier molecular flexibility index (Phi) is 7.93. The Labute approximate surface area is 223 Å². The first-order valence-corrected chi connectivity index (χ1v) is 12.2. The third-order valence-electron chi connectivity index (χ3n) is 6.08. The Morgan fingerprint density at radius 2 is 1.13 bits per heavy atom. The van der Waals surface area contributed by atoms with E-state index in [1.165, 1.54) is 12.2 Å². The van der Waals surface area contributed by atoms with Crippen molar-refractivity contribution in [3.05, 3.63) is 47.1 Å². The van der Waals surface area contributed by atoms with Gasteiger partial charge in [0.05, 0.1) is 11.8 Å². The van der Waals surface area contributed by atoms with Gasteiger partial charge >= 0.3 is 5.97 Å². The third-order valence-corrected chi connectivity index (χ3v) is 6.08. The highest BCUT2D eigenvalue weighted by atomic mass is 16.6. The first-order valence-electron chi connectivity index (χ1n) is 12.2. The molecule has 0 unspecified atom stereocenters. The minimum absolute atomic E-state index is 0.170. The summed E-state index contributed by atoms with van der Waals surface area (Å²) in [4.78, 5) is 74.9. The molecule has 14 nitrogen and oxygen atoms in total. The van der Waals surface area contributed by atoms with Crippen LogP contribution in [0, 0.1) is 39.5 Å². The Bertz CT molecular complexity index is 1300. The summed E-state index contributed by atoms with van der Waals surface area (Å²) in [6, 6.07) is 3.79. The molecule has 2 aromatic rings. The van der Waals surface area contributed by atoms with Gasteiger partial charge in [-0.05, 0) is 39.8 Å². The van der Waals surface area contributed by atoms with Crippen molar-refractivity contribution in [3.8, 4) is 0 Å². The van der Waals surface area contributed by atoms with E-state index in [4.69, 9.17) is 4.74 Å². The zero-order valence-electron chi connectivity index (χ0n) is 21.9. The quantitative estimate of drug-likeness (QED) is 0.369. The summed E-state index contributed by atoms with van der Waals surface area (Å²) in [5.74, 6) is -0.545. The van der Waals surface area contributed by atoms with E-state index in [2.05, 4.69) is 25.3 Å². The van der Waals surface area contributed by atoms with Gasteiger partial charge < -0.3 is 9.64 Å². The summed E-state index contributed by atoms with van der Waals surface area (Å²) in [5, 5.41) is 4.40. The molecule has 0 radical (unpaired) electrons. The van der Waals surface area contributed by atoms with Crippen molar-refractivity contribution in [3.63, 3.8) is 0 Å².